The highest BCUT2D eigenvalue weighted by Gasteiger charge is 2.10. The van der Waals surface area contributed by atoms with E-state index in [1.165, 1.54) is 0 Å². The number of hydrogen-bond donors (Lipinski definition) is 1. The molecule has 0 saturated carbocycles. The minimum absolute atomic E-state index is 0.0194. The standard InChI is InChI=1S/C17H23NO3/c1-3-5-9-18(10-6-4-2)13-7-8-16-14(11-13)15(19)12-17(20)21-16/h7-8,11-12,19H,3-6,9-10H2,1-2H3. The van der Waals surface area contributed by atoms with Gasteiger partial charge in [-0.3, -0.25) is 0 Å². The maximum absolute atomic E-state index is 11.3. The first-order chi connectivity index (χ1) is 10.2. The summed E-state index contributed by atoms with van der Waals surface area (Å²) in [4.78, 5) is 13.6. The SMILES string of the molecule is CCCCN(CCCC)c1ccc2oc(=O)cc(O)c2c1. The zero-order chi connectivity index (χ0) is 15.2. The Bertz CT molecular complexity index is 640. The molecule has 0 fully saturated rings. The summed E-state index contributed by atoms with van der Waals surface area (Å²) >= 11 is 0. The number of nitrogens with zero attached hydrogens (tertiary/aromatic N) is 1. The lowest BCUT2D eigenvalue weighted by Crippen LogP contribution is -2.25. The third-order valence-corrected chi connectivity index (χ3v) is 3.63. The van der Waals surface area contributed by atoms with Crippen LogP contribution < -0.4 is 10.5 Å². The quantitative estimate of drug-likeness (QED) is 0.785. The summed E-state index contributed by atoms with van der Waals surface area (Å²) in [6.45, 7) is 6.36. The molecule has 1 N–H and O–H groups in total. The highest BCUT2D eigenvalue weighted by molar-refractivity contribution is 5.86. The van der Waals surface area contributed by atoms with E-state index in [0.29, 0.717) is 11.0 Å². The summed E-state index contributed by atoms with van der Waals surface area (Å²) in [5, 5.41) is 10.5. The number of fused-ring (bicyclic) bond motifs is 1. The van der Waals surface area contributed by atoms with Crippen molar-refractivity contribution in [2.24, 2.45) is 0 Å². The number of aromatic hydroxyl groups is 1. The van der Waals surface area contributed by atoms with Crippen LogP contribution in [0, 0.1) is 0 Å². The first-order valence-corrected chi connectivity index (χ1v) is 7.67. The van der Waals surface area contributed by atoms with Crippen LogP contribution in [0.2, 0.25) is 0 Å². The van der Waals surface area contributed by atoms with E-state index in [2.05, 4.69) is 18.7 Å². The summed E-state index contributed by atoms with van der Waals surface area (Å²) < 4.78 is 5.11. The number of anilines is 1. The highest BCUT2D eigenvalue weighted by Crippen LogP contribution is 2.27. The summed E-state index contributed by atoms with van der Waals surface area (Å²) in [5.74, 6) is -0.0194. The molecule has 1 aromatic carbocycles. The Morgan fingerprint density at radius 2 is 1.76 bits per heavy atom. The van der Waals surface area contributed by atoms with Crippen molar-refractivity contribution in [2.75, 3.05) is 18.0 Å². The molecule has 114 valence electrons. The highest BCUT2D eigenvalue weighted by atomic mass is 16.4. The average Bonchev–Trinajstić information content (AvgIpc) is 2.47. The van der Waals surface area contributed by atoms with E-state index in [0.717, 1.165) is 50.5 Å². The molecule has 0 aliphatic carbocycles. The lowest BCUT2D eigenvalue weighted by atomic mass is 10.1. The van der Waals surface area contributed by atoms with Crippen molar-refractivity contribution in [3.8, 4) is 5.75 Å². The summed E-state index contributed by atoms with van der Waals surface area (Å²) in [6, 6.07) is 6.74. The van der Waals surface area contributed by atoms with E-state index in [1.807, 2.05) is 12.1 Å². The van der Waals surface area contributed by atoms with Gasteiger partial charge in [-0.15, -0.1) is 0 Å². The Balaban J connectivity index is 2.35. The van der Waals surface area contributed by atoms with Crippen LogP contribution in [0.4, 0.5) is 5.69 Å². The Morgan fingerprint density at radius 1 is 1.10 bits per heavy atom. The Labute approximate surface area is 125 Å². The molecule has 0 atom stereocenters. The molecule has 2 rings (SSSR count). The molecule has 0 aliphatic rings. The lowest BCUT2D eigenvalue weighted by Gasteiger charge is -2.25. The third-order valence-electron chi connectivity index (χ3n) is 3.63. The summed E-state index contributed by atoms with van der Waals surface area (Å²) in [7, 11) is 0. The first-order valence-electron chi connectivity index (χ1n) is 7.67. The number of benzene rings is 1. The Morgan fingerprint density at radius 3 is 2.38 bits per heavy atom. The van der Waals surface area contributed by atoms with E-state index in [9.17, 15) is 9.90 Å². The molecular weight excluding hydrogens is 266 g/mol. The van der Waals surface area contributed by atoms with Crippen LogP contribution in [0.5, 0.6) is 5.75 Å². The second-order valence-corrected chi connectivity index (χ2v) is 5.33. The molecule has 4 heteroatoms. The lowest BCUT2D eigenvalue weighted by molar-refractivity contribution is 0.468. The van der Waals surface area contributed by atoms with Gasteiger partial charge in [0.25, 0.3) is 0 Å². The fourth-order valence-corrected chi connectivity index (χ4v) is 2.40. The second-order valence-electron chi connectivity index (χ2n) is 5.33. The molecule has 4 nitrogen and oxygen atoms in total. The van der Waals surface area contributed by atoms with Gasteiger partial charge >= 0.3 is 5.63 Å². The van der Waals surface area contributed by atoms with E-state index in [4.69, 9.17) is 4.42 Å². The van der Waals surface area contributed by atoms with Crippen molar-refractivity contribution in [2.45, 2.75) is 39.5 Å². The normalized spacial score (nSPS) is 11.0. The van der Waals surface area contributed by atoms with Crippen LogP contribution >= 0.6 is 0 Å². The van der Waals surface area contributed by atoms with Crippen molar-refractivity contribution in [3.63, 3.8) is 0 Å². The second kappa shape index (κ2) is 7.16. The Kier molecular flexibility index (Phi) is 5.26. The van der Waals surface area contributed by atoms with Gasteiger partial charge in [0.2, 0.25) is 0 Å². The van der Waals surface area contributed by atoms with Gasteiger partial charge in [-0.25, -0.2) is 4.79 Å². The predicted octanol–water partition coefficient (Wildman–Crippen LogP) is 3.91. The van der Waals surface area contributed by atoms with Gasteiger partial charge in [0.05, 0.1) is 11.5 Å². The van der Waals surface area contributed by atoms with E-state index in [-0.39, 0.29) is 5.75 Å². The molecular formula is C17H23NO3. The molecule has 0 bridgehead atoms. The molecule has 2 aromatic rings. The van der Waals surface area contributed by atoms with E-state index in [1.54, 1.807) is 6.07 Å². The average molecular weight is 289 g/mol. The largest absolute Gasteiger partial charge is 0.507 e. The van der Waals surface area contributed by atoms with Crippen LogP contribution in [0.1, 0.15) is 39.5 Å². The van der Waals surface area contributed by atoms with Gasteiger partial charge in [0.15, 0.2) is 0 Å². The van der Waals surface area contributed by atoms with E-state index >= 15 is 0 Å². The molecule has 21 heavy (non-hydrogen) atoms. The maximum atomic E-state index is 11.3. The monoisotopic (exact) mass is 289 g/mol. The smallest absolute Gasteiger partial charge is 0.339 e. The fraction of sp³-hybridized carbons (Fsp3) is 0.471. The molecule has 0 unspecified atom stereocenters. The number of hydrogen-bond acceptors (Lipinski definition) is 4. The molecule has 0 aliphatic heterocycles. The van der Waals surface area contributed by atoms with Crippen molar-refractivity contribution in [3.05, 3.63) is 34.7 Å². The maximum Gasteiger partial charge on any atom is 0.339 e. The van der Waals surface area contributed by atoms with Crippen LogP contribution in [0.15, 0.2) is 33.5 Å². The van der Waals surface area contributed by atoms with Crippen LogP contribution in [0.3, 0.4) is 0 Å². The van der Waals surface area contributed by atoms with Crippen molar-refractivity contribution in [1.82, 2.24) is 0 Å². The topological polar surface area (TPSA) is 53.7 Å². The number of rotatable bonds is 7. The molecule has 0 spiro atoms. The minimum Gasteiger partial charge on any atom is -0.507 e. The first kappa shape index (κ1) is 15.4. The molecule has 0 amide bonds. The van der Waals surface area contributed by atoms with Gasteiger partial charge in [-0.2, -0.15) is 0 Å². The molecule has 1 heterocycles. The fourth-order valence-electron chi connectivity index (χ4n) is 2.40. The zero-order valence-corrected chi connectivity index (χ0v) is 12.8. The van der Waals surface area contributed by atoms with Crippen LogP contribution in [-0.2, 0) is 0 Å². The van der Waals surface area contributed by atoms with Gasteiger partial charge in [0.1, 0.15) is 11.3 Å². The van der Waals surface area contributed by atoms with Crippen molar-refractivity contribution in [1.29, 1.82) is 0 Å². The van der Waals surface area contributed by atoms with Crippen molar-refractivity contribution >= 4 is 16.7 Å². The zero-order valence-electron chi connectivity index (χ0n) is 12.8. The van der Waals surface area contributed by atoms with Gasteiger partial charge in [-0.05, 0) is 31.0 Å². The summed E-state index contributed by atoms with van der Waals surface area (Å²) in [5.41, 5.74) is 0.963. The third kappa shape index (κ3) is 3.78. The van der Waals surface area contributed by atoms with Crippen LogP contribution in [0.25, 0.3) is 11.0 Å². The van der Waals surface area contributed by atoms with Crippen molar-refractivity contribution < 1.29 is 9.52 Å². The van der Waals surface area contributed by atoms with E-state index < -0.39 is 5.63 Å². The van der Waals surface area contributed by atoms with Gasteiger partial charge in [0, 0.05) is 18.8 Å². The molecule has 0 saturated heterocycles. The minimum atomic E-state index is -0.526. The Hall–Kier alpha value is -1.97. The number of unbranched alkanes of at least 4 members (excludes halogenated alkanes) is 2. The van der Waals surface area contributed by atoms with Gasteiger partial charge < -0.3 is 14.4 Å². The van der Waals surface area contributed by atoms with Gasteiger partial charge in [-0.1, -0.05) is 26.7 Å². The molecule has 1 aromatic heterocycles. The predicted molar refractivity (Wildman–Crippen MR) is 86.2 cm³/mol. The molecule has 0 radical (unpaired) electrons. The van der Waals surface area contributed by atoms with Crippen LogP contribution in [-0.4, -0.2) is 18.2 Å². The summed E-state index contributed by atoms with van der Waals surface area (Å²) in [6.07, 6.45) is 4.57.